The molecule has 0 saturated heterocycles. The number of aromatic nitrogens is 1. The molecule has 5 heteroatoms. The molecule has 0 amide bonds. The second-order valence-electron chi connectivity index (χ2n) is 4.61. The zero-order chi connectivity index (χ0) is 14.3. The smallest absolute Gasteiger partial charge is 0.171 e. The minimum atomic E-state index is 0.0853. The molecule has 0 bridgehead atoms. The van der Waals surface area contributed by atoms with Crippen molar-refractivity contribution in [3.8, 4) is 0 Å². The van der Waals surface area contributed by atoms with Crippen molar-refractivity contribution in [2.75, 3.05) is 18.0 Å². The molecule has 0 aliphatic rings. The van der Waals surface area contributed by atoms with Crippen LogP contribution in [0.15, 0.2) is 23.5 Å². The molecule has 1 aromatic rings. The molecule has 1 aromatic heterocycles. The van der Waals surface area contributed by atoms with Crippen molar-refractivity contribution >= 4 is 11.7 Å². The van der Waals surface area contributed by atoms with Gasteiger partial charge in [-0.15, -0.1) is 0 Å². The standard InChI is InChI=1S/C14H24N4O/c1-4-11(5-2)10-18(6-3)13-8-7-12(9-16-13)14(15)17-19/h7-9,11,19H,4-6,10H2,1-3H3,(H2,15,17). The van der Waals surface area contributed by atoms with Gasteiger partial charge in [0.05, 0.1) is 0 Å². The van der Waals surface area contributed by atoms with E-state index in [2.05, 4.69) is 35.8 Å². The highest BCUT2D eigenvalue weighted by atomic mass is 16.4. The maximum atomic E-state index is 8.62. The number of pyridine rings is 1. The average Bonchev–Trinajstić information content (AvgIpc) is 2.48. The summed E-state index contributed by atoms with van der Waals surface area (Å²) in [5, 5.41) is 11.6. The van der Waals surface area contributed by atoms with Gasteiger partial charge in [0.2, 0.25) is 0 Å². The predicted molar refractivity (Wildman–Crippen MR) is 78.7 cm³/mol. The summed E-state index contributed by atoms with van der Waals surface area (Å²) >= 11 is 0. The molecule has 1 rings (SSSR count). The van der Waals surface area contributed by atoms with E-state index < -0.39 is 0 Å². The summed E-state index contributed by atoms with van der Waals surface area (Å²) in [5.74, 6) is 1.71. The summed E-state index contributed by atoms with van der Waals surface area (Å²) in [6.45, 7) is 8.50. The van der Waals surface area contributed by atoms with Crippen LogP contribution in [0.2, 0.25) is 0 Å². The van der Waals surface area contributed by atoms with E-state index in [0.29, 0.717) is 11.5 Å². The van der Waals surface area contributed by atoms with E-state index >= 15 is 0 Å². The predicted octanol–water partition coefficient (Wildman–Crippen LogP) is 2.44. The van der Waals surface area contributed by atoms with Crippen LogP contribution in [-0.4, -0.2) is 29.1 Å². The van der Waals surface area contributed by atoms with E-state index in [-0.39, 0.29) is 5.84 Å². The summed E-state index contributed by atoms with van der Waals surface area (Å²) in [6.07, 6.45) is 3.99. The van der Waals surface area contributed by atoms with Crippen molar-refractivity contribution in [2.45, 2.75) is 33.6 Å². The molecule has 0 atom stereocenters. The SMILES string of the molecule is CCC(CC)CN(CC)c1ccc(/C(N)=N/O)cn1. The Morgan fingerprint density at radius 1 is 1.37 bits per heavy atom. The number of nitrogens with two attached hydrogens (primary N) is 1. The van der Waals surface area contributed by atoms with E-state index in [1.807, 2.05) is 12.1 Å². The van der Waals surface area contributed by atoms with Crippen LogP contribution in [-0.2, 0) is 0 Å². The minimum absolute atomic E-state index is 0.0853. The minimum Gasteiger partial charge on any atom is -0.409 e. The van der Waals surface area contributed by atoms with Crippen LogP contribution in [0.4, 0.5) is 5.82 Å². The topological polar surface area (TPSA) is 74.7 Å². The Labute approximate surface area is 115 Å². The molecule has 0 aromatic carbocycles. The lowest BCUT2D eigenvalue weighted by Crippen LogP contribution is -2.29. The third kappa shape index (κ3) is 4.12. The maximum Gasteiger partial charge on any atom is 0.171 e. The molecule has 3 N–H and O–H groups in total. The summed E-state index contributed by atoms with van der Waals surface area (Å²) in [7, 11) is 0. The fraction of sp³-hybridized carbons (Fsp3) is 0.571. The Bertz CT molecular complexity index is 398. The molecule has 0 spiro atoms. The molecule has 106 valence electrons. The fourth-order valence-electron chi connectivity index (χ4n) is 2.03. The monoisotopic (exact) mass is 264 g/mol. The van der Waals surface area contributed by atoms with Crippen LogP contribution < -0.4 is 10.6 Å². The van der Waals surface area contributed by atoms with Crippen LogP contribution in [0.3, 0.4) is 0 Å². The van der Waals surface area contributed by atoms with Crippen molar-refractivity contribution in [2.24, 2.45) is 16.8 Å². The lowest BCUT2D eigenvalue weighted by atomic mass is 10.0. The number of hydrogen-bond donors (Lipinski definition) is 2. The molecule has 0 radical (unpaired) electrons. The Morgan fingerprint density at radius 2 is 2.05 bits per heavy atom. The van der Waals surface area contributed by atoms with Gasteiger partial charge in [-0.05, 0) is 25.0 Å². The molecule has 1 heterocycles. The number of hydrogen-bond acceptors (Lipinski definition) is 4. The van der Waals surface area contributed by atoms with Crippen molar-refractivity contribution in [1.82, 2.24) is 4.98 Å². The first kappa shape index (κ1) is 15.3. The van der Waals surface area contributed by atoms with Crippen molar-refractivity contribution in [3.05, 3.63) is 23.9 Å². The number of amidine groups is 1. The number of nitrogens with zero attached hydrogens (tertiary/aromatic N) is 3. The van der Waals surface area contributed by atoms with Gasteiger partial charge in [0.15, 0.2) is 5.84 Å². The largest absolute Gasteiger partial charge is 0.409 e. The van der Waals surface area contributed by atoms with E-state index in [1.165, 1.54) is 12.8 Å². The van der Waals surface area contributed by atoms with Gasteiger partial charge in [0.25, 0.3) is 0 Å². The van der Waals surface area contributed by atoms with Gasteiger partial charge in [-0.25, -0.2) is 4.98 Å². The molecule has 19 heavy (non-hydrogen) atoms. The molecule has 0 aliphatic heterocycles. The van der Waals surface area contributed by atoms with Crippen LogP contribution in [0.1, 0.15) is 39.2 Å². The molecular weight excluding hydrogens is 240 g/mol. The van der Waals surface area contributed by atoms with Gasteiger partial charge < -0.3 is 15.8 Å². The highest BCUT2D eigenvalue weighted by Gasteiger charge is 2.12. The second kappa shape index (κ2) is 7.61. The van der Waals surface area contributed by atoms with E-state index in [9.17, 15) is 0 Å². The molecule has 0 unspecified atom stereocenters. The zero-order valence-corrected chi connectivity index (χ0v) is 12.0. The Balaban J connectivity index is 2.82. The molecule has 0 saturated carbocycles. The normalized spacial score (nSPS) is 11.9. The Kier molecular flexibility index (Phi) is 6.12. The van der Waals surface area contributed by atoms with E-state index in [4.69, 9.17) is 10.9 Å². The summed E-state index contributed by atoms with van der Waals surface area (Å²) in [5.41, 5.74) is 6.15. The number of rotatable bonds is 7. The van der Waals surface area contributed by atoms with Crippen molar-refractivity contribution in [3.63, 3.8) is 0 Å². The van der Waals surface area contributed by atoms with Crippen molar-refractivity contribution in [1.29, 1.82) is 0 Å². The van der Waals surface area contributed by atoms with Crippen molar-refractivity contribution < 1.29 is 5.21 Å². The van der Waals surface area contributed by atoms with Gasteiger partial charge in [-0.2, -0.15) is 0 Å². The van der Waals surface area contributed by atoms with Crippen LogP contribution in [0.25, 0.3) is 0 Å². The first-order valence-corrected chi connectivity index (χ1v) is 6.85. The molecule has 0 fully saturated rings. The van der Waals surface area contributed by atoms with Gasteiger partial charge in [-0.1, -0.05) is 31.8 Å². The first-order chi connectivity index (χ1) is 9.15. The molecular formula is C14H24N4O. The fourth-order valence-corrected chi connectivity index (χ4v) is 2.03. The summed E-state index contributed by atoms with van der Waals surface area (Å²) in [6, 6.07) is 3.74. The molecule has 5 nitrogen and oxygen atoms in total. The van der Waals surface area contributed by atoms with Gasteiger partial charge >= 0.3 is 0 Å². The van der Waals surface area contributed by atoms with E-state index in [0.717, 1.165) is 18.9 Å². The first-order valence-electron chi connectivity index (χ1n) is 6.85. The third-order valence-corrected chi connectivity index (χ3v) is 3.49. The van der Waals surface area contributed by atoms with Crippen LogP contribution >= 0.6 is 0 Å². The van der Waals surface area contributed by atoms with Crippen LogP contribution in [0, 0.1) is 5.92 Å². The lowest BCUT2D eigenvalue weighted by Gasteiger charge is -2.26. The lowest BCUT2D eigenvalue weighted by molar-refractivity contribution is 0.318. The number of oxime groups is 1. The zero-order valence-electron chi connectivity index (χ0n) is 12.0. The summed E-state index contributed by atoms with van der Waals surface area (Å²) in [4.78, 5) is 6.65. The highest BCUT2D eigenvalue weighted by molar-refractivity contribution is 5.96. The van der Waals surface area contributed by atoms with E-state index in [1.54, 1.807) is 6.20 Å². The highest BCUT2D eigenvalue weighted by Crippen LogP contribution is 2.16. The molecule has 0 aliphatic carbocycles. The maximum absolute atomic E-state index is 8.62. The van der Waals surface area contributed by atoms with Gasteiger partial charge in [-0.3, -0.25) is 0 Å². The summed E-state index contributed by atoms with van der Waals surface area (Å²) < 4.78 is 0. The van der Waals surface area contributed by atoms with Crippen LogP contribution in [0.5, 0.6) is 0 Å². The Morgan fingerprint density at radius 3 is 2.47 bits per heavy atom. The second-order valence-corrected chi connectivity index (χ2v) is 4.61. The van der Waals surface area contributed by atoms with Gasteiger partial charge in [0.1, 0.15) is 5.82 Å². The van der Waals surface area contributed by atoms with Gasteiger partial charge in [0, 0.05) is 24.8 Å². The Hall–Kier alpha value is -1.78. The third-order valence-electron chi connectivity index (χ3n) is 3.49. The quantitative estimate of drug-likeness (QED) is 0.343. The number of anilines is 1. The average molecular weight is 264 g/mol.